The van der Waals surface area contributed by atoms with E-state index in [1.165, 1.54) is 0 Å². The quantitative estimate of drug-likeness (QED) is 0.535. The summed E-state index contributed by atoms with van der Waals surface area (Å²) in [5.74, 6) is 0.810. The van der Waals surface area contributed by atoms with Gasteiger partial charge in [-0.15, -0.1) is 22.7 Å². The van der Waals surface area contributed by atoms with E-state index in [1.807, 2.05) is 23.7 Å². The van der Waals surface area contributed by atoms with Gasteiger partial charge in [-0.25, -0.2) is 9.97 Å². The van der Waals surface area contributed by atoms with Crippen LogP contribution in [0.1, 0.15) is 11.4 Å². The van der Waals surface area contributed by atoms with Crippen molar-refractivity contribution in [1.29, 1.82) is 0 Å². The van der Waals surface area contributed by atoms with E-state index >= 15 is 0 Å². The molecule has 0 amide bonds. The van der Waals surface area contributed by atoms with Gasteiger partial charge in [-0.05, 0) is 32.0 Å². The molecule has 0 aliphatic rings. The molecular weight excluding hydrogens is 314 g/mol. The fourth-order valence-corrected chi connectivity index (χ4v) is 4.09. The van der Waals surface area contributed by atoms with E-state index in [0.29, 0.717) is 0 Å². The Morgan fingerprint density at radius 2 is 2.14 bits per heavy atom. The van der Waals surface area contributed by atoms with Crippen molar-refractivity contribution >= 4 is 22.7 Å². The predicted molar refractivity (Wildman–Crippen MR) is 89.7 cm³/mol. The monoisotopic (exact) mass is 327 g/mol. The Morgan fingerprint density at radius 1 is 1.23 bits per heavy atom. The van der Waals surface area contributed by atoms with Crippen LogP contribution in [0.25, 0.3) is 27.2 Å². The van der Waals surface area contributed by atoms with Gasteiger partial charge in [0, 0.05) is 33.9 Å². The summed E-state index contributed by atoms with van der Waals surface area (Å²) in [6, 6.07) is 5.98. The van der Waals surface area contributed by atoms with Crippen molar-refractivity contribution in [1.82, 2.24) is 14.5 Å². The first-order chi connectivity index (χ1) is 10.7. The van der Waals surface area contributed by atoms with Crippen LogP contribution < -0.4 is 0 Å². The molecule has 22 heavy (non-hydrogen) atoms. The van der Waals surface area contributed by atoms with Gasteiger partial charge in [0.05, 0.1) is 12.0 Å². The molecule has 0 N–H and O–H groups in total. The normalized spacial score (nSPS) is 11.2. The molecular formula is C16H13N3OS2. The van der Waals surface area contributed by atoms with Gasteiger partial charge in [0.2, 0.25) is 0 Å². The lowest BCUT2D eigenvalue weighted by atomic mass is 10.2. The first-order valence-corrected chi connectivity index (χ1v) is 8.58. The van der Waals surface area contributed by atoms with E-state index in [-0.39, 0.29) is 0 Å². The third-order valence-corrected chi connectivity index (χ3v) is 5.17. The summed E-state index contributed by atoms with van der Waals surface area (Å²) < 4.78 is 7.59. The standard InChI is InChI=1S/C16H13N3OS2/c1-10-8-12(11(2)19(10)16-17-5-7-21-16)13-9-22-15(18-13)14-4-3-6-20-14/h3-9H,1-2H3. The van der Waals surface area contributed by atoms with Crippen LogP contribution in [0.5, 0.6) is 0 Å². The summed E-state index contributed by atoms with van der Waals surface area (Å²) in [6.45, 7) is 4.20. The molecule has 4 nitrogen and oxygen atoms in total. The van der Waals surface area contributed by atoms with Crippen molar-refractivity contribution in [3.05, 3.63) is 52.8 Å². The second-order valence-electron chi connectivity index (χ2n) is 4.95. The molecule has 4 aromatic heterocycles. The van der Waals surface area contributed by atoms with Crippen LogP contribution in [0, 0.1) is 13.8 Å². The number of rotatable bonds is 3. The van der Waals surface area contributed by atoms with Gasteiger partial charge in [0.15, 0.2) is 15.9 Å². The van der Waals surface area contributed by atoms with Crippen LogP contribution in [0.4, 0.5) is 0 Å². The number of aromatic nitrogens is 3. The average Bonchev–Trinajstić information content (AvgIpc) is 3.26. The summed E-state index contributed by atoms with van der Waals surface area (Å²) in [5.41, 5.74) is 4.44. The summed E-state index contributed by atoms with van der Waals surface area (Å²) in [7, 11) is 0. The minimum Gasteiger partial charge on any atom is -0.462 e. The van der Waals surface area contributed by atoms with Gasteiger partial charge in [-0.2, -0.15) is 0 Å². The lowest BCUT2D eigenvalue weighted by Gasteiger charge is -2.04. The Bertz CT molecular complexity index is 902. The van der Waals surface area contributed by atoms with E-state index in [0.717, 1.165) is 38.5 Å². The number of aryl methyl sites for hydroxylation is 1. The Balaban J connectivity index is 1.80. The van der Waals surface area contributed by atoms with Gasteiger partial charge >= 0.3 is 0 Å². The lowest BCUT2D eigenvalue weighted by molar-refractivity contribution is 0.582. The van der Waals surface area contributed by atoms with E-state index < -0.39 is 0 Å². The van der Waals surface area contributed by atoms with Crippen molar-refractivity contribution in [3.63, 3.8) is 0 Å². The average molecular weight is 327 g/mol. The third kappa shape index (κ3) is 2.12. The van der Waals surface area contributed by atoms with E-state index in [9.17, 15) is 0 Å². The highest BCUT2D eigenvalue weighted by molar-refractivity contribution is 7.13. The van der Waals surface area contributed by atoms with Crippen molar-refractivity contribution in [2.75, 3.05) is 0 Å². The fraction of sp³-hybridized carbons (Fsp3) is 0.125. The van der Waals surface area contributed by atoms with E-state index in [1.54, 1.807) is 28.9 Å². The molecule has 0 radical (unpaired) electrons. The summed E-state index contributed by atoms with van der Waals surface area (Å²) >= 11 is 3.23. The molecule has 0 fully saturated rings. The molecule has 4 rings (SSSR count). The molecule has 0 aromatic carbocycles. The molecule has 0 saturated heterocycles. The van der Waals surface area contributed by atoms with Gasteiger partial charge in [0.1, 0.15) is 0 Å². The molecule has 0 aliphatic heterocycles. The largest absolute Gasteiger partial charge is 0.462 e. The fourth-order valence-electron chi connectivity index (χ4n) is 2.55. The van der Waals surface area contributed by atoms with Crippen LogP contribution in [0.3, 0.4) is 0 Å². The number of hydrogen-bond acceptors (Lipinski definition) is 5. The van der Waals surface area contributed by atoms with E-state index in [4.69, 9.17) is 9.40 Å². The zero-order valence-corrected chi connectivity index (χ0v) is 13.7. The van der Waals surface area contributed by atoms with Crippen LogP contribution in [0.15, 0.2) is 45.8 Å². The molecule has 6 heteroatoms. The Labute approximate surface area is 135 Å². The van der Waals surface area contributed by atoms with Gasteiger partial charge in [-0.1, -0.05) is 0 Å². The molecule has 0 saturated carbocycles. The zero-order valence-electron chi connectivity index (χ0n) is 12.1. The predicted octanol–water partition coefficient (Wildman–Crippen LogP) is 4.93. The van der Waals surface area contributed by atoms with Crippen LogP contribution >= 0.6 is 22.7 Å². The van der Waals surface area contributed by atoms with Gasteiger partial charge in [-0.3, -0.25) is 4.57 Å². The summed E-state index contributed by atoms with van der Waals surface area (Å²) in [5, 5.41) is 5.96. The number of hydrogen-bond donors (Lipinski definition) is 0. The maximum atomic E-state index is 5.42. The molecule has 110 valence electrons. The van der Waals surface area contributed by atoms with Gasteiger partial charge in [0.25, 0.3) is 0 Å². The maximum Gasteiger partial charge on any atom is 0.193 e. The third-order valence-electron chi connectivity index (χ3n) is 3.55. The van der Waals surface area contributed by atoms with Crippen LogP contribution in [-0.4, -0.2) is 14.5 Å². The topological polar surface area (TPSA) is 43.9 Å². The first kappa shape index (κ1) is 13.5. The van der Waals surface area contributed by atoms with Crippen molar-refractivity contribution < 1.29 is 4.42 Å². The lowest BCUT2D eigenvalue weighted by Crippen LogP contribution is -1.97. The Morgan fingerprint density at radius 3 is 2.86 bits per heavy atom. The first-order valence-electron chi connectivity index (χ1n) is 6.82. The van der Waals surface area contributed by atoms with Gasteiger partial charge < -0.3 is 4.42 Å². The molecule has 0 spiro atoms. The second-order valence-corrected chi connectivity index (χ2v) is 6.68. The smallest absolute Gasteiger partial charge is 0.193 e. The van der Waals surface area contributed by atoms with Crippen molar-refractivity contribution in [3.8, 4) is 27.2 Å². The number of nitrogens with zero attached hydrogens (tertiary/aromatic N) is 3. The van der Waals surface area contributed by atoms with Crippen LogP contribution in [0.2, 0.25) is 0 Å². The number of thiazole rings is 2. The summed E-state index contributed by atoms with van der Waals surface area (Å²) in [4.78, 5) is 9.12. The highest BCUT2D eigenvalue weighted by Gasteiger charge is 2.16. The molecule has 0 aliphatic carbocycles. The van der Waals surface area contributed by atoms with Crippen molar-refractivity contribution in [2.45, 2.75) is 13.8 Å². The Hall–Kier alpha value is -2.18. The highest BCUT2D eigenvalue weighted by Crippen LogP contribution is 2.33. The molecule has 0 atom stereocenters. The maximum absolute atomic E-state index is 5.42. The minimum atomic E-state index is 0.810. The number of furan rings is 1. The zero-order chi connectivity index (χ0) is 15.1. The highest BCUT2D eigenvalue weighted by atomic mass is 32.1. The molecule has 4 aromatic rings. The summed E-state index contributed by atoms with van der Waals surface area (Å²) in [6.07, 6.45) is 3.50. The minimum absolute atomic E-state index is 0.810. The van der Waals surface area contributed by atoms with Crippen LogP contribution in [-0.2, 0) is 0 Å². The molecule has 4 heterocycles. The SMILES string of the molecule is Cc1cc(-c2csc(-c3ccco3)n2)c(C)n1-c1nccs1. The van der Waals surface area contributed by atoms with Crippen molar-refractivity contribution in [2.24, 2.45) is 0 Å². The molecule has 0 bridgehead atoms. The Kier molecular flexibility index (Phi) is 3.20. The molecule has 0 unspecified atom stereocenters. The van der Waals surface area contributed by atoms with E-state index in [2.05, 4.69) is 34.8 Å². The second kappa shape index (κ2) is 5.23.